The Morgan fingerprint density at radius 2 is 2.15 bits per heavy atom. The summed E-state index contributed by atoms with van der Waals surface area (Å²) in [4.78, 5) is 23.7. The van der Waals surface area contributed by atoms with Crippen molar-refractivity contribution in [1.29, 1.82) is 0 Å². The van der Waals surface area contributed by atoms with Gasteiger partial charge < -0.3 is 18.9 Å². The fourth-order valence-corrected chi connectivity index (χ4v) is 3.42. The summed E-state index contributed by atoms with van der Waals surface area (Å²) < 4.78 is 22.9. The number of hydrogen-bond acceptors (Lipinski definition) is 6. The summed E-state index contributed by atoms with van der Waals surface area (Å²) >= 11 is 3.46. The van der Waals surface area contributed by atoms with E-state index in [-0.39, 0.29) is 30.7 Å². The van der Waals surface area contributed by atoms with Gasteiger partial charge in [-0.2, -0.15) is 0 Å². The number of ketones is 2. The molecule has 0 aliphatic carbocycles. The van der Waals surface area contributed by atoms with Crippen LogP contribution in [0.15, 0.2) is 40.6 Å². The predicted molar refractivity (Wildman–Crippen MR) is 100.0 cm³/mol. The minimum absolute atomic E-state index is 0.0288. The third kappa shape index (κ3) is 3.61. The highest BCUT2D eigenvalue weighted by Crippen LogP contribution is 2.38. The number of fused-ring (bicyclic) bond motifs is 2. The maximum absolute atomic E-state index is 12.7. The molecular formula is C20H15BrO6. The zero-order chi connectivity index (χ0) is 19.0. The van der Waals surface area contributed by atoms with Gasteiger partial charge in [0.05, 0.1) is 12.2 Å². The van der Waals surface area contributed by atoms with E-state index in [4.69, 9.17) is 18.9 Å². The van der Waals surface area contributed by atoms with E-state index >= 15 is 0 Å². The maximum atomic E-state index is 12.7. The fourth-order valence-electron chi connectivity index (χ4n) is 2.90. The summed E-state index contributed by atoms with van der Waals surface area (Å²) in [6.07, 6.45) is 1.66. The van der Waals surface area contributed by atoms with Gasteiger partial charge in [0.15, 0.2) is 18.3 Å². The van der Waals surface area contributed by atoms with E-state index < -0.39 is 0 Å². The first-order chi connectivity index (χ1) is 13.0. The Balaban J connectivity index is 1.65. The minimum Gasteiger partial charge on any atom is -0.486 e. The molecule has 2 aromatic carbocycles. The Morgan fingerprint density at radius 3 is 2.96 bits per heavy atom. The van der Waals surface area contributed by atoms with Crippen LogP contribution < -0.4 is 14.2 Å². The van der Waals surface area contributed by atoms with Crippen LogP contribution in [0.25, 0.3) is 6.08 Å². The maximum Gasteiger partial charge on any atom is 0.231 e. The molecule has 0 atom stereocenters. The van der Waals surface area contributed by atoms with E-state index in [2.05, 4.69) is 15.9 Å². The van der Waals surface area contributed by atoms with E-state index in [0.717, 1.165) is 15.6 Å². The predicted octanol–water partition coefficient (Wildman–Crippen LogP) is 3.90. The van der Waals surface area contributed by atoms with Gasteiger partial charge in [-0.05, 0) is 37.3 Å². The van der Waals surface area contributed by atoms with Gasteiger partial charge in [-0.15, -0.1) is 0 Å². The Bertz CT molecular complexity index is 979. The summed E-state index contributed by atoms with van der Waals surface area (Å²) in [5.74, 6) is 1.44. The summed E-state index contributed by atoms with van der Waals surface area (Å²) in [6, 6.07) is 8.67. The quantitative estimate of drug-likeness (QED) is 0.684. The van der Waals surface area contributed by atoms with Crippen LogP contribution in [0, 0.1) is 0 Å². The molecule has 2 aliphatic heterocycles. The lowest BCUT2D eigenvalue weighted by molar-refractivity contribution is -0.118. The van der Waals surface area contributed by atoms with Crippen LogP contribution in [0.5, 0.6) is 17.2 Å². The third-order valence-corrected chi connectivity index (χ3v) is 4.53. The summed E-state index contributed by atoms with van der Waals surface area (Å²) in [6.45, 7) is 2.02. The second-order valence-electron chi connectivity index (χ2n) is 6.18. The zero-order valence-electron chi connectivity index (χ0n) is 14.4. The molecule has 2 heterocycles. The minimum atomic E-state index is -0.219. The SMILES string of the molecule is CC(=O)COc1ccc2c(c1)OC(=Cc1cc(Br)cc3c1OCOC3)C2=O. The molecule has 0 aromatic heterocycles. The monoisotopic (exact) mass is 430 g/mol. The van der Waals surface area contributed by atoms with Gasteiger partial charge in [0, 0.05) is 21.7 Å². The molecule has 27 heavy (non-hydrogen) atoms. The highest BCUT2D eigenvalue weighted by atomic mass is 79.9. The molecule has 6 nitrogen and oxygen atoms in total. The number of rotatable bonds is 4. The van der Waals surface area contributed by atoms with Crippen LogP contribution in [0.1, 0.15) is 28.4 Å². The Hall–Kier alpha value is -2.64. The topological polar surface area (TPSA) is 71.1 Å². The van der Waals surface area contributed by atoms with Crippen molar-refractivity contribution in [2.45, 2.75) is 13.5 Å². The smallest absolute Gasteiger partial charge is 0.231 e. The lowest BCUT2D eigenvalue weighted by Crippen LogP contribution is -2.12. The van der Waals surface area contributed by atoms with Gasteiger partial charge in [0.25, 0.3) is 0 Å². The molecule has 2 aromatic rings. The number of Topliss-reactive ketones (excluding diaryl/α,β-unsaturated/α-hetero) is 2. The average molecular weight is 431 g/mol. The summed E-state index contributed by atoms with van der Waals surface area (Å²) in [5.41, 5.74) is 2.07. The van der Waals surface area contributed by atoms with E-state index in [1.807, 2.05) is 12.1 Å². The second kappa shape index (κ2) is 7.17. The third-order valence-electron chi connectivity index (χ3n) is 4.07. The van der Waals surface area contributed by atoms with Gasteiger partial charge in [0.2, 0.25) is 5.78 Å². The standard InChI is InChI=1S/C20H15BrO6/c1-11(22)8-25-15-2-3-16-17(7-15)27-18(19(16)23)6-12-4-14(21)5-13-9-24-10-26-20(12)13/h2-7H,8-10H2,1H3. The van der Waals surface area contributed by atoms with Gasteiger partial charge in [0.1, 0.15) is 23.9 Å². The van der Waals surface area contributed by atoms with Crippen molar-refractivity contribution < 1.29 is 28.5 Å². The lowest BCUT2D eigenvalue weighted by atomic mass is 10.1. The van der Waals surface area contributed by atoms with Crippen LogP contribution in [-0.4, -0.2) is 25.0 Å². The number of carbonyl (C=O) groups excluding carboxylic acids is 2. The number of halogens is 1. The van der Waals surface area contributed by atoms with Crippen molar-refractivity contribution in [3.8, 4) is 17.2 Å². The Morgan fingerprint density at radius 1 is 1.30 bits per heavy atom. The largest absolute Gasteiger partial charge is 0.486 e. The van der Waals surface area contributed by atoms with E-state index in [0.29, 0.717) is 29.4 Å². The number of carbonyl (C=O) groups is 2. The molecule has 0 N–H and O–H groups in total. The van der Waals surface area contributed by atoms with Crippen LogP contribution >= 0.6 is 15.9 Å². The number of hydrogen-bond donors (Lipinski definition) is 0. The molecular weight excluding hydrogens is 416 g/mol. The van der Waals surface area contributed by atoms with Gasteiger partial charge in [-0.1, -0.05) is 15.9 Å². The first kappa shape index (κ1) is 17.8. The molecule has 0 saturated carbocycles. The lowest BCUT2D eigenvalue weighted by Gasteiger charge is -2.20. The van der Waals surface area contributed by atoms with E-state index in [1.54, 1.807) is 24.3 Å². The molecule has 138 valence electrons. The molecule has 0 spiro atoms. The highest BCUT2D eigenvalue weighted by Gasteiger charge is 2.28. The van der Waals surface area contributed by atoms with Crippen molar-refractivity contribution in [1.82, 2.24) is 0 Å². The van der Waals surface area contributed by atoms with Gasteiger partial charge >= 0.3 is 0 Å². The Kier molecular flexibility index (Phi) is 4.72. The van der Waals surface area contributed by atoms with Gasteiger partial charge in [-0.3, -0.25) is 9.59 Å². The molecule has 0 radical (unpaired) electrons. The number of ether oxygens (including phenoxy) is 4. The van der Waals surface area contributed by atoms with Crippen molar-refractivity contribution >= 4 is 33.6 Å². The summed E-state index contributed by atoms with van der Waals surface area (Å²) in [7, 11) is 0. The Labute approximate surface area is 163 Å². The van der Waals surface area contributed by atoms with E-state index in [9.17, 15) is 9.59 Å². The van der Waals surface area contributed by atoms with E-state index in [1.165, 1.54) is 6.92 Å². The van der Waals surface area contributed by atoms with Crippen molar-refractivity contribution in [3.63, 3.8) is 0 Å². The number of benzene rings is 2. The van der Waals surface area contributed by atoms with Crippen LogP contribution in [0.3, 0.4) is 0 Å². The average Bonchev–Trinajstić information content (AvgIpc) is 2.95. The van der Waals surface area contributed by atoms with Crippen LogP contribution in [0.4, 0.5) is 0 Å². The molecule has 0 bridgehead atoms. The second-order valence-corrected chi connectivity index (χ2v) is 7.10. The van der Waals surface area contributed by atoms with Crippen LogP contribution in [0.2, 0.25) is 0 Å². The first-order valence-corrected chi connectivity index (χ1v) is 9.04. The highest BCUT2D eigenvalue weighted by molar-refractivity contribution is 9.10. The van der Waals surface area contributed by atoms with Crippen molar-refractivity contribution in [3.05, 3.63) is 57.3 Å². The fraction of sp³-hybridized carbons (Fsp3) is 0.200. The normalized spacial score (nSPS) is 16.4. The molecule has 0 saturated heterocycles. The molecule has 7 heteroatoms. The number of allylic oxidation sites excluding steroid dienone is 1. The van der Waals surface area contributed by atoms with Crippen molar-refractivity contribution in [2.24, 2.45) is 0 Å². The van der Waals surface area contributed by atoms with Crippen LogP contribution in [-0.2, 0) is 16.1 Å². The molecule has 2 aliphatic rings. The molecule has 4 rings (SSSR count). The molecule has 0 fully saturated rings. The zero-order valence-corrected chi connectivity index (χ0v) is 16.0. The van der Waals surface area contributed by atoms with Crippen molar-refractivity contribution in [2.75, 3.05) is 13.4 Å². The molecule has 0 unspecified atom stereocenters. The summed E-state index contributed by atoms with van der Waals surface area (Å²) in [5, 5.41) is 0. The first-order valence-electron chi connectivity index (χ1n) is 8.25. The van der Waals surface area contributed by atoms with Gasteiger partial charge in [-0.25, -0.2) is 0 Å². The molecule has 0 amide bonds.